The summed E-state index contributed by atoms with van der Waals surface area (Å²) in [5.74, 6) is -0.0738. The second kappa shape index (κ2) is 7.04. The van der Waals surface area contributed by atoms with Gasteiger partial charge in [0.25, 0.3) is 5.91 Å². The standard InChI is InChI=1S/C16H15Br2NO/c1-2-11-5-3-4-6-12(11)10-19-16(20)14-8-7-13(17)9-15(14)18/h3-9H,2,10H2,1H3,(H,19,20). The molecule has 2 aromatic rings. The number of hydrogen-bond donors (Lipinski definition) is 1. The van der Waals surface area contributed by atoms with Crippen molar-refractivity contribution >= 4 is 37.8 Å². The van der Waals surface area contributed by atoms with Crippen LogP contribution in [-0.2, 0) is 13.0 Å². The normalized spacial score (nSPS) is 10.3. The van der Waals surface area contributed by atoms with Crippen molar-refractivity contribution in [3.05, 3.63) is 68.1 Å². The molecule has 0 heterocycles. The number of rotatable bonds is 4. The monoisotopic (exact) mass is 395 g/mol. The lowest BCUT2D eigenvalue weighted by atomic mass is 10.1. The summed E-state index contributed by atoms with van der Waals surface area (Å²) in [6, 6.07) is 13.7. The fourth-order valence-electron chi connectivity index (χ4n) is 2.02. The number of hydrogen-bond acceptors (Lipinski definition) is 1. The number of benzene rings is 2. The molecule has 0 saturated carbocycles. The number of amides is 1. The van der Waals surface area contributed by atoms with Gasteiger partial charge in [-0.25, -0.2) is 0 Å². The van der Waals surface area contributed by atoms with Crippen LogP contribution in [0.15, 0.2) is 51.4 Å². The first-order chi connectivity index (χ1) is 9.61. The average molecular weight is 397 g/mol. The lowest BCUT2D eigenvalue weighted by Gasteiger charge is -2.10. The van der Waals surface area contributed by atoms with Gasteiger partial charge in [0, 0.05) is 15.5 Å². The summed E-state index contributed by atoms with van der Waals surface area (Å²) in [6.45, 7) is 2.66. The van der Waals surface area contributed by atoms with Crippen molar-refractivity contribution in [1.29, 1.82) is 0 Å². The van der Waals surface area contributed by atoms with Gasteiger partial charge in [-0.15, -0.1) is 0 Å². The molecule has 0 spiro atoms. The van der Waals surface area contributed by atoms with E-state index in [0.29, 0.717) is 12.1 Å². The van der Waals surface area contributed by atoms with Gasteiger partial charge >= 0.3 is 0 Å². The summed E-state index contributed by atoms with van der Waals surface area (Å²) in [7, 11) is 0. The van der Waals surface area contributed by atoms with E-state index in [4.69, 9.17) is 0 Å². The molecule has 0 fully saturated rings. The summed E-state index contributed by atoms with van der Waals surface area (Å²) in [6.07, 6.45) is 0.966. The molecule has 0 aromatic heterocycles. The second-order valence-corrected chi connectivity index (χ2v) is 6.20. The Morgan fingerprint density at radius 2 is 1.80 bits per heavy atom. The maximum atomic E-state index is 12.2. The largest absolute Gasteiger partial charge is 0.348 e. The molecular weight excluding hydrogens is 382 g/mol. The van der Waals surface area contributed by atoms with Gasteiger partial charge in [-0.3, -0.25) is 4.79 Å². The Labute approximate surface area is 135 Å². The molecule has 2 nitrogen and oxygen atoms in total. The van der Waals surface area contributed by atoms with Crippen LogP contribution in [0.25, 0.3) is 0 Å². The van der Waals surface area contributed by atoms with Gasteiger partial charge in [-0.1, -0.05) is 47.1 Å². The Morgan fingerprint density at radius 1 is 1.10 bits per heavy atom. The molecule has 0 unspecified atom stereocenters. The molecule has 1 N–H and O–H groups in total. The number of halogens is 2. The van der Waals surface area contributed by atoms with Crippen LogP contribution >= 0.6 is 31.9 Å². The van der Waals surface area contributed by atoms with E-state index in [9.17, 15) is 4.79 Å². The van der Waals surface area contributed by atoms with Gasteiger partial charge in [0.15, 0.2) is 0 Å². The van der Waals surface area contributed by atoms with Crippen LogP contribution in [0, 0.1) is 0 Å². The first-order valence-electron chi connectivity index (χ1n) is 6.42. The lowest BCUT2D eigenvalue weighted by molar-refractivity contribution is 0.0950. The zero-order valence-electron chi connectivity index (χ0n) is 11.1. The third-order valence-electron chi connectivity index (χ3n) is 3.11. The van der Waals surface area contributed by atoms with Crippen molar-refractivity contribution in [2.75, 3.05) is 0 Å². The Hall–Kier alpha value is -1.13. The molecule has 0 aliphatic rings. The summed E-state index contributed by atoms with van der Waals surface area (Å²) in [5, 5.41) is 2.97. The molecule has 2 aromatic carbocycles. The SMILES string of the molecule is CCc1ccccc1CNC(=O)c1ccc(Br)cc1Br. The highest BCUT2D eigenvalue weighted by Crippen LogP contribution is 2.22. The summed E-state index contributed by atoms with van der Waals surface area (Å²) >= 11 is 6.79. The number of nitrogens with one attached hydrogen (secondary N) is 1. The van der Waals surface area contributed by atoms with E-state index in [2.05, 4.69) is 56.2 Å². The van der Waals surface area contributed by atoms with Crippen LogP contribution in [0.4, 0.5) is 0 Å². The highest BCUT2D eigenvalue weighted by Gasteiger charge is 2.10. The van der Waals surface area contributed by atoms with E-state index in [1.165, 1.54) is 5.56 Å². The predicted molar refractivity (Wildman–Crippen MR) is 88.8 cm³/mol. The third-order valence-corrected chi connectivity index (χ3v) is 4.26. The topological polar surface area (TPSA) is 29.1 Å². The fraction of sp³-hybridized carbons (Fsp3) is 0.188. The Balaban J connectivity index is 2.09. The molecule has 0 aliphatic carbocycles. The molecule has 2 rings (SSSR count). The summed E-state index contributed by atoms with van der Waals surface area (Å²) < 4.78 is 1.73. The van der Waals surface area contributed by atoms with E-state index in [0.717, 1.165) is 20.9 Å². The summed E-state index contributed by atoms with van der Waals surface area (Å²) in [4.78, 5) is 12.2. The first-order valence-corrected chi connectivity index (χ1v) is 8.00. The molecule has 0 aliphatic heterocycles. The van der Waals surface area contributed by atoms with Crippen molar-refractivity contribution < 1.29 is 4.79 Å². The number of carbonyl (C=O) groups excluding carboxylic acids is 1. The summed E-state index contributed by atoms with van der Waals surface area (Å²) in [5.41, 5.74) is 3.07. The van der Waals surface area contributed by atoms with Crippen molar-refractivity contribution in [1.82, 2.24) is 5.32 Å². The molecule has 0 radical (unpaired) electrons. The van der Waals surface area contributed by atoms with E-state index in [1.54, 1.807) is 6.07 Å². The van der Waals surface area contributed by atoms with Crippen LogP contribution in [0.2, 0.25) is 0 Å². The quantitative estimate of drug-likeness (QED) is 0.796. The van der Waals surface area contributed by atoms with E-state index < -0.39 is 0 Å². The Morgan fingerprint density at radius 3 is 2.45 bits per heavy atom. The zero-order valence-corrected chi connectivity index (χ0v) is 14.3. The number of carbonyl (C=O) groups is 1. The van der Waals surface area contributed by atoms with Crippen LogP contribution in [0.3, 0.4) is 0 Å². The number of aryl methyl sites for hydroxylation is 1. The molecule has 0 saturated heterocycles. The smallest absolute Gasteiger partial charge is 0.252 e. The van der Waals surface area contributed by atoms with Gasteiger partial charge in [0.1, 0.15) is 0 Å². The second-order valence-electron chi connectivity index (χ2n) is 4.43. The minimum Gasteiger partial charge on any atom is -0.348 e. The maximum absolute atomic E-state index is 12.2. The fourth-order valence-corrected chi connectivity index (χ4v) is 3.25. The lowest BCUT2D eigenvalue weighted by Crippen LogP contribution is -2.23. The Bertz CT molecular complexity index is 626. The minimum atomic E-state index is -0.0738. The van der Waals surface area contributed by atoms with Crippen LogP contribution in [0.5, 0.6) is 0 Å². The zero-order chi connectivity index (χ0) is 14.5. The Kier molecular flexibility index (Phi) is 5.38. The van der Waals surface area contributed by atoms with Crippen molar-refractivity contribution in [2.24, 2.45) is 0 Å². The van der Waals surface area contributed by atoms with Crippen LogP contribution in [-0.4, -0.2) is 5.91 Å². The molecule has 0 bridgehead atoms. The molecule has 1 amide bonds. The van der Waals surface area contributed by atoms with Crippen LogP contribution < -0.4 is 5.32 Å². The van der Waals surface area contributed by atoms with Gasteiger partial charge in [0.2, 0.25) is 0 Å². The molecule has 104 valence electrons. The van der Waals surface area contributed by atoms with Crippen molar-refractivity contribution in [3.8, 4) is 0 Å². The van der Waals surface area contributed by atoms with E-state index in [1.807, 2.05) is 24.3 Å². The third kappa shape index (κ3) is 3.70. The highest BCUT2D eigenvalue weighted by atomic mass is 79.9. The van der Waals surface area contributed by atoms with E-state index in [-0.39, 0.29) is 5.91 Å². The molecular formula is C16H15Br2NO. The van der Waals surface area contributed by atoms with Crippen molar-refractivity contribution in [2.45, 2.75) is 19.9 Å². The predicted octanol–water partition coefficient (Wildman–Crippen LogP) is 4.70. The highest BCUT2D eigenvalue weighted by molar-refractivity contribution is 9.11. The molecule has 0 atom stereocenters. The van der Waals surface area contributed by atoms with Gasteiger partial charge in [0.05, 0.1) is 5.56 Å². The van der Waals surface area contributed by atoms with Gasteiger partial charge in [-0.2, -0.15) is 0 Å². The average Bonchev–Trinajstić information content (AvgIpc) is 2.45. The molecule has 4 heteroatoms. The van der Waals surface area contributed by atoms with Crippen molar-refractivity contribution in [3.63, 3.8) is 0 Å². The molecule has 20 heavy (non-hydrogen) atoms. The van der Waals surface area contributed by atoms with Gasteiger partial charge in [-0.05, 0) is 51.7 Å². The minimum absolute atomic E-state index is 0.0738. The van der Waals surface area contributed by atoms with Gasteiger partial charge < -0.3 is 5.32 Å². The van der Waals surface area contributed by atoms with E-state index >= 15 is 0 Å². The van der Waals surface area contributed by atoms with Crippen LogP contribution in [0.1, 0.15) is 28.4 Å². The first kappa shape index (κ1) is 15.3. The maximum Gasteiger partial charge on any atom is 0.252 e.